The van der Waals surface area contributed by atoms with Gasteiger partial charge in [-0.15, -0.1) is 0 Å². The molecule has 2 aromatic carbocycles. The van der Waals surface area contributed by atoms with Gasteiger partial charge in [0.15, 0.2) is 34.7 Å². The summed E-state index contributed by atoms with van der Waals surface area (Å²) >= 11 is 0. The van der Waals surface area contributed by atoms with Crippen LogP contribution in [0.2, 0.25) is 0 Å². The summed E-state index contributed by atoms with van der Waals surface area (Å²) < 4.78 is 33.4. The molecule has 0 bridgehead atoms. The Morgan fingerprint density at radius 3 is 1.46 bits per heavy atom. The molecule has 4 aromatic rings. The normalized spacial score (nSPS) is 17.3. The Morgan fingerprint density at radius 1 is 0.688 bits per heavy atom. The van der Waals surface area contributed by atoms with Crippen molar-refractivity contribution >= 4 is 11.6 Å². The minimum atomic E-state index is -2.66. The first-order valence-corrected chi connectivity index (χ1v) is 16.5. The number of ketones is 2. The molecule has 0 spiro atoms. The topological polar surface area (TPSA) is 111 Å². The number of aromatic nitrogens is 4. The lowest BCUT2D eigenvalue weighted by Gasteiger charge is -2.28. The van der Waals surface area contributed by atoms with Crippen molar-refractivity contribution in [1.82, 2.24) is 29.7 Å². The summed E-state index contributed by atoms with van der Waals surface area (Å²) in [6.07, 6.45) is 11.2. The molecule has 2 aromatic heterocycles. The fourth-order valence-corrected chi connectivity index (χ4v) is 5.64. The van der Waals surface area contributed by atoms with Crippen LogP contribution in [0.1, 0.15) is 64.3 Å². The average Bonchev–Trinajstić information content (AvgIpc) is 3.14. The second kappa shape index (κ2) is 17.0. The second-order valence-corrected chi connectivity index (χ2v) is 12.6. The highest BCUT2D eigenvalue weighted by Crippen LogP contribution is 2.22. The standard InChI is InChI=1S/2C19H23N3O2/c2*1-14(23)16-4-3-5-17(10-16)19-20-11-18(12-21-19)24-13-15-6-8-22(2)9-7-15/h2*3-5,10-12,15H,6-9,13H2,1-2H3/i1D3;. The van der Waals surface area contributed by atoms with E-state index in [0.29, 0.717) is 52.7 Å². The minimum absolute atomic E-state index is 0.0370. The monoisotopic (exact) mass is 653 g/mol. The van der Waals surface area contributed by atoms with Crippen LogP contribution in [-0.4, -0.2) is 94.8 Å². The SMILES string of the molecule is CC(=O)c1cccc(-c2ncc(OCC3CCN(C)CC3)cn2)c1.[2H]C([2H])([2H])C(=O)c1cccc(-c2ncc(OCC3CCN(C)CC3)cn2)c1. The van der Waals surface area contributed by atoms with Crippen LogP contribution < -0.4 is 9.47 Å². The van der Waals surface area contributed by atoms with E-state index in [2.05, 4.69) is 43.8 Å². The number of benzene rings is 2. The zero-order valence-electron chi connectivity index (χ0n) is 31.0. The fraction of sp³-hybridized carbons (Fsp3) is 0.421. The van der Waals surface area contributed by atoms with Crippen molar-refractivity contribution in [1.29, 1.82) is 0 Å². The number of carbonyl (C=O) groups is 2. The lowest BCUT2D eigenvalue weighted by molar-refractivity contribution is 0.100. The Kier molecular flexibility index (Phi) is 10.9. The molecule has 2 saturated heterocycles. The number of nitrogens with zero attached hydrogens (tertiary/aromatic N) is 6. The van der Waals surface area contributed by atoms with Gasteiger partial charge in [-0.25, -0.2) is 19.9 Å². The third-order valence-corrected chi connectivity index (χ3v) is 8.81. The summed E-state index contributed by atoms with van der Waals surface area (Å²) in [5.74, 6) is 2.62. The molecule has 10 heteroatoms. The first-order valence-electron chi connectivity index (χ1n) is 18.0. The highest BCUT2D eigenvalue weighted by Gasteiger charge is 2.18. The molecule has 10 nitrogen and oxygen atoms in total. The van der Waals surface area contributed by atoms with Crippen LogP contribution in [-0.2, 0) is 0 Å². The second-order valence-electron chi connectivity index (χ2n) is 12.6. The number of piperidine rings is 2. The lowest BCUT2D eigenvalue weighted by Crippen LogP contribution is -2.32. The maximum Gasteiger partial charge on any atom is 0.159 e. The Balaban J connectivity index is 0.000000199. The van der Waals surface area contributed by atoms with E-state index in [0.717, 1.165) is 51.2 Å². The van der Waals surface area contributed by atoms with Crippen molar-refractivity contribution in [2.45, 2.75) is 39.5 Å². The fourth-order valence-electron chi connectivity index (χ4n) is 5.64. The number of Topliss-reactive ketones (excluding diaryl/α,β-unsaturated/α-hetero) is 2. The van der Waals surface area contributed by atoms with E-state index < -0.39 is 12.6 Å². The van der Waals surface area contributed by atoms with Gasteiger partial charge in [0.2, 0.25) is 0 Å². The van der Waals surface area contributed by atoms with E-state index in [1.54, 1.807) is 49.9 Å². The molecule has 0 radical (unpaired) electrons. The lowest BCUT2D eigenvalue weighted by atomic mass is 9.98. The van der Waals surface area contributed by atoms with E-state index in [1.165, 1.54) is 25.0 Å². The van der Waals surface area contributed by atoms with Gasteiger partial charge in [-0.2, -0.15) is 0 Å². The van der Waals surface area contributed by atoms with Gasteiger partial charge in [0.1, 0.15) is 0 Å². The largest absolute Gasteiger partial charge is 0.490 e. The van der Waals surface area contributed by atoms with E-state index in [9.17, 15) is 9.59 Å². The highest BCUT2D eigenvalue weighted by molar-refractivity contribution is 5.95. The van der Waals surface area contributed by atoms with Crippen LogP contribution >= 0.6 is 0 Å². The van der Waals surface area contributed by atoms with Gasteiger partial charge in [-0.05, 0) is 104 Å². The molecular weight excluding hydrogens is 604 g/mol. The van der Waals surface area contributed by atoms with Crippen molar-refractivity contribution in [3.05, 3.63) is 84.4 Å². The number of likely N-dealkylation sites (tertiary alicyclic amines) is 2. The van der Waals surface area contributed by atoms with Crippen LogP contribution in [0.4, 0.5) is 0 Å². The molecule has 0 N–H and O–H groups in total. The molecule has 48 heavy (non-hydrogen) atoms. The molecule has 0 amide bonds. The van der Waals surface area contributed by atoms with Gasteiger partial charge in [0.05, 0.1) is 38.0 Å². The predicted molar refractivity (Wildman–Crippen MR) is 186 cm³/mol. The van der Waals surface area contributed by atoms with Crippen LogP contribution in [0, 0.1) is 11.8 Å². The number of carbonyl (C=O) groups excluding carboxylic acids is 2. The molecule has 2 aliphatic heterocycles. The maximum atomic E-state index is 11.9. The zero-order chi connectivity index (χ0) is 36.4. The smallest absolute Gasteiger partial charge is 0.159 e. The number of hydrogen-bond acceptors (Lipinski definition) is 10. The van der Waals surface area contributed by atoms with Gasteiger partial charge in [-0.3, -0.25) is 9.59 Å². The van der Waals surface area contributed by atoms with E-state index in [1.807, 2.05) is 18.2 Å². The Bertz CT molecular complexity index is 1740. The van der Waals surface area contributed by atoms with Crippen LogP contribution in [0.25, 0.3) is 22.8 Å². The molecule has 0 atom stereocenters. The van der Waals surface area contributed by atoms with E-state index >= 15 is 0 Å². The predicted octanol–water partition coefficient (Wildman–Crippen LogP) is 6.13. The number of rotatable bonds is 10. The van der Waals surface area contributed by atoms with Crippen molar-refractivity contribution in [3.63, 3.8) is 0 Å². The first kappa shape index (κ1) is 30.8. The summed E-state index contributed by atoms with van der Waals surface area (Å²) in [5.41, 5.74) is 2.22. The molecule has 0 unspecified atom stereocenters. The quantitative estimate of drug-likeness (QED) is 0.185. The van der Waals surface area contributed by atoms with E-state index in [-0.39, 0.29) is 11.3 Å². The summed E-state index contributed by atoms with van der Waals surface area (Å²) in [7, 11) is 4.29. The summed E-state index contributed by atoms with van der Waals surface area (Å²) in [5, 5.41) is 0. The highest BCUT2D eigenvalue weighted by atomic mass is 16.5. The Morgan fingerprint density at radius 2 is 1.08 bits per heavy atom. The van der Waals surface area contributed by atoms with Gasteiger partial charge in [0, 0.05) is 26.4 Å². The minimum Gasteiger partial charge on any atom is -0.490 e. The van der Waals surface area contributed by atoms with Crippen molar-refractivity contribution in [3.8, 4) is 34.3 Å². The molecular formula is C38H46N6O4. The zero-order valence-corrected chi connectivity index (χ0v) is 28.0. The summed E-state index contributed by atoms with van der Waals surface area (Å²) in [4.78, 5) is 45.4. The summed E-state index contributed by atoms with van der Waals surface area (Å²) in [6.45, 7) is 4.72. The van der Waals surface area contributed by atoms with E-state index in [4.69, 9.17) is 13.6 Å². The summed E-state index contributed by atoms with van der Waals surface area (Å²) in [6, 6.07) is 13.7. The Hall–Kier alpha value is -4.54. The molecule has 0 saturated carbocycles. The molecule has 0 aliphatic carbocycles. The number of hydrogen-bond donors (Lipinski definition) is 0. The van der Waals surface area contributed by atoms with Crippen molar-refractivity contribution < 1.29 is 23.2 Å². The van der Waals surface area contributed by atoms with Gasteiger partial charge in [-0.1, -0.05) is 36.4 Å². The van der Waals surface area contributed by atoms with Gasteiger partial charge >= 0.3 is 0 Å². The molecule has 6 rings (SSSR count). The van der Waals surface area contributed by atoms with Crippen LogP contribution in [0.15, 0.2) is 73.3 Å². The van der Waals surface area contributed by atoms with Gasteiger partial charge in [0.25, 0.3) is 0 Å². The third kappa shape index (κ3) is 10.2. The molecule has 2 aliphatic rings. The van der Waals surface area contributed by atoms with Crippen molar-refractivity contribution in [2.75, 3.05) is 53.5 Å². The molecule has 252 valence electrons. The van der Waals surface area contributed by atoms with Gasteiger partial charge < -0.3 is 19.3 Å². The van der Waals surface area contributed by atoms with Crippen molar-refractivity contribution in [2.24, 2.45) is 11.8 Å². The third-order valence-electron chi connectivity index (χ3n) is 8.81. The molecule has 2 fully saturated rings. The Labute approximate surface area is 287 Å². The van der Waals surface area contributed by atoms with Crippen LogP contribution in [0.5, 0.6) is 11.5 Å². The first-order chi connectivity index (χ1) is 24.4. The number of ether oxygens (including phenoxy) is 2. The average molecular weight is 654 g/mol. The maximum absolute atomic E-state index is 11.9. The molecule has 4 heterocycles. The van der Waals surface area contributed by atoms with Crippen LogP contribution in [0.3, 0.4) is 0 Å².